The Kier molecular flexibility index (Phi) is 3.14. The van der Waals surface area contributed by atoms with Crippen molar-refractivity contribution in [2.24, 2.45) is 0 Å². The fourth-order valence-corrected chi connectivity index (χ4v) is 2.75. The summed E-state index contributed by atoms with van der Waals surface area (Å²) in [6.07, 6.45) is -4.33. The van der Waals surface area contributed by atoms with Crippen LogP contribution in [0.3, 0.4) is 0 Å². The highest BCUT2D eigenvalue weighted by molar-refractivity contribution is 7.17. The summed E-state index contributed by atoms with van der Waals surface area (Å²) in [6, 6.07) is 3.72. The number of halogens is 3. The third-order valence-corrected chi connectivity index (χ3v) is 3.49. The van der Waals surface area contributed by atoms with E-state index in [1.165, 1.54) is 17.4 Å². The van der Waals surface area contributed by atoms with Gasteiger partial charge in [-0.2, -0.15) is 13.2 Å². The van der Waals surface area contributed by atoms with Crippen LogP contribution < -0.4 is 0 Å². The molecule has 0 spiro atoms. The summed E-state index contributed by atoms with van der Waals surface area (Å²) in [5.74, 6) is 0. The molecule has 0 fully saturated rings. The molecule has 1 heterocycles. The van der Waals surface area contributed by atoms with Crippen molar-refractivity contribution in [3.05, 3.63) is 34.7 Å². The minimum Gasteiger partial charge on any atom is -0.393 e. The highest BCUT2D eigenvalue weighted by Gasteiger charge is 2.30. The highest BCUT2D eigenvalue weighted by Crippen LogP contribution is 2.34. The molecule has 0 radical (unpaired) electrons. The molecule has 2 rings (SSSR count). The van der Waals surface area contributed by atoms with Gasteiger partial charge in [-0.15, -0.1) is 11.3 Å². The molecule has 1 N–H and O–H groups in total. The molecular formula is C12H11F3OS. The van der Waals surface area contributed by atoms with Crippen LogP contribution in [0.25, 0.3) is 10.1 Å². The second-order valence-corrected chi connectivity index (χ2v) is 4.93. The second-order valence-electron chi connectivity index (χ2n) is 4.02. The van der Waals surface area contributed by atoms with Crippen molar-refractivity contribution in [2.75, 3.05) is 0 Å². The predicted molar refractivity (Wildman–Crippen MR) is 62.2 cm³/mol. The van der Waals surface area contributed by atoms with Crippen LogP contribution in [0.15, 0.2) is 23.6 Å². The minimum atomic E-state index is -4.30. The van der Waals surface area contributed by atoms with Crippen LogP contribution >= 0.6 is 11.3 Å². The first-order chi connectivity index (χ1) is 7.88. The van der Waals surface area contributed by atoms with Crippen molar-refractivity contribution in [3.8, 4) is 0 Å². The fourth-order valence-electron chi connectivity index (χ4n) is 1.74. The zero-order valence-electron chi connectivity index (χ0n) is 9.08. The number of fused-ring (bicyclic) bond motifs is 1. The number of hydrogen-bond acceptors (Lipinski definition) is 2. The quantitative estimate of drug-likeness (QED) is 0.869. The highest BCUT2D eigenvalue weighted by atomic mass is 32.1. The van der Waals surface area contributed by atoms with E-state index in [1.54, 1.807) is 12.3 Å². The van der Waals surface area contributed by atoms with Crippen LogP contribution in [-0.2, 0) is 12.6 Å². The van der Waals surface area contributed by atoms with E-state index < -0.39 is 17.8 Å². The SMILES string of the molecule is CC(O)Cc1csc2cc(C(F)(F)F)ccc12. The predicted octanol–water partition coefficient (Wildman–Crippen LogP) is 3.84. The fraction of sp³-hybridized carbons (Fsp3) is 0.333. The van der Waals surface area contributed by atoms with E-state index in [4.69, 9.17) is 0 Å². The molecular weight excluding hydrogens is 249 g/mol. The Hall–Kier alpha value is -1.07. The zero-order valence-corrected chi connectivity index (χ0v) is 9.90. The van der Waals surface area contributed by atoms with Crippen molar-refractivity contribution < 1.29 is 18.3 Å². The summed E-state index contributed by atoms with van der Waals surface area (Å²) >= 11 is 1.28. The van der Waals surface area contributed by atoms with Gasteiger partial charge in [0.2, 0.25) is 0 Å². The van der Waals surface area contributed by atoms with E-state index in [2.05, 4.69) is 0 Å². The van der Waals surface area contributed by atoms with Crippen LogP contribution in [0, 0.1) is 0 Å². The maximum atomic E-state index is 12.5. The Morgan fingerprint density at radius 3 is 2.65 bits per heavy atom. The maximum absolute atomic E-state index is 12.5. The number of hydrogen-bond donors (Lipinski definition) is 1. The first-order valence-corrected chi connectivity index (χ1v) is 6.01. The molecule has 2 aromatic rings. The lowest BCUT2D eigenvalue weighted by atomic mass is 10.1. The van der Waals surface area contributed by atoms with Gasteiger partial charge >= 0.3 is 6.18 Å². The van der Waals surface area contributed by atoms with Gasteiger partial charge in [0, 0.05) is 4.70 Å². The van der Waals surface area contributed by atoms with Crippen LogP contribution in [-0.4, -0.2) is 11.2 Å². The lowest BCUT2D eigenvalue weighted by Crippen LogP contribution is -2.05. The number of aliphatic hydroxyl groups excluding tert-OH is 1. The molecule has 17 heavy (non-hydrogen) atoms. The van der Waals surface area contributed by atoms with Crippen molar-refractivity contribution in [2.45, 2.75) is 25.6 Å². The van der Waals surface area contributed by atoms with Crippen LogP contribution in [0.5, 0.6) is 0 Å². The lowest BCUT2D eigenvalue weighted by molar-refractivity contribution is -0.137. The van der Waals surface area contributed by atoms with E-state index >= 15 is 0 Å². The van der Waals surface area contributed by atoms with Crippen LogP contribution in [0.1, 0.15) is 18.1 Å². The molecule has 0 aliphatic rings. The topological polar surface area (TPSA) is 20.2 Å². The number of benzene rings is 1. The van der Waals surface area contributed by atoms with Gasteiger partial charge in [-0.05, 0) is 41.8 Å². The summed E-state index contributed by atoms with van der Waals surface area (Å²) in [5, 5.41) is 11.9. The van der Waals surface area contributed by atoms with Crippen molar-refractivity contribution in [3.63, 3.8) is 0 Å². The summed E-state index contributed by atoms with van der Waals surface area (Å²) < 4.78 is 38.1. The van der Waals surface area contributed by atoms with Crippen molar-refractivity contribution in [1.29, 1.82) is 0 Å². The van der Waals surface area contributed by atoms with Gasteiger partial charge in [-0.3, -0.25) is 0 Å². The van der Waals surface area contributed by atoms with Gasteiger partial charge in [0.25, 0.3) is 0 Å². The summed E-state index contributed by atoms with van der Waals surface area (Å²) in [6.45, 7) is 1.66. The zero-order chi connectivity index (χ0) is 12.6. The molecule has 5 heteroatoms. The molecule has 92 valence electrons. The smallest absolute Gasteiger partial charge is 0.393 e. The molecule has 0 aliphatic carbocycles. The average molecular weight is 260 g/mol. The number of alkyl halides is 3. The molecule has 1 nitrogen and oxygen atoms in total. The molecule has 1 unspecified atom stereocenters. The van der Waals surface area contributed by atoms with E-state index in [0.29, 0.717) is 11.1 Å². The molecule has 1 aromatic carbocycles. The third-order valence-electron chi connectivity index (χ3n) is 2.50. The van der Waals surface area contributed by atoms with Gasteiger partial charge in [-0.25, -0.2) is 0 Å². The van der Waals surface area contributed by atoms with Gasteiger partial charge in [0.05, 0.1) is 11.7 Å². The van der Waals surface area contributed by atoms with E-state index in [-0.39, 0.29) is 0 Å². The molecule has 0 aliphatic heterocycles. The van der Waals surface area contributed by atoms with Crippen molar-refractivity contribution >= 4 is 21.4 Å². The number of thiophene rings is 1. The Bertz CT molecular complexity index is 528. The van der Waals surface area contributed by atoms with E-state index in [1.807, 2.05) is 0 Å². The van der Waals surface area contributed by atoms with E-state index in [9.17, 15) is 18.3 Å². The Labute approximate surface area is 101 Å². The van der Waals surface area contributed by atoms with Crippen molar-refractivity contribution in [1.82, 2.24) is 0 Å². The second kappa shape index (κ2) is 4.31. The molecule has 1 aromatic heterocycles. The molecule has 0 bridgehead atoms. The summed E-state index contributed by atoms with van der Waals surface area (Å²) in [5.41, 5.74) is 0.268. The number of rotatable bonds is 2. The average Bonchev–Trinajstić information content (AvgIpc) is 2.59. The van der Waals surface area contributed by atoms with Gasteiger partial charge in [0.15, 0.2) is 0 Å². The Morgan fingerprint density at radius 1 is 1.35 bits per heavy atom. The Balaban J connectivity index is 2.45. The molecule has 1 atom stereocenters. The monoisotopic (exact) mass is 260 g/mol. The first kappa shape index (κ1) is 12.4. The van der Waals surface area contributed by atoms with Gasteiger partial charge < -0.3 is 5.11 Å². The van der Waals surface area contributed by atoms with Crippen LogP contribution in [0.4, 0.5) is 13.2 Å². The molecule has 0 saturated heterocycles. The first-order valence-electron chi connectivity index (χ1n) is 5.13. The number of aliphatic hydroxyl groups is 1. The summed E-state index contributed by atoms with van der Waals surface area (Å²) in [7, 11) is 0. The van der Waals surface area contributed by atoms with Gasteiger partial charge in [0.1, 0.15) is 0 Å². The largest absolute Gasteiger partial charge is 0.416 e. The normalized spacial score (nSPS) is 14.2. The van der Waals surface area contributed by atoms with Crippen LogP contribution in [0.2, 0.25) is 0 Å². The molecule has 0 saturated carbocycles. The minimum absolute atomic E-state index is 0.464. The Morgan fingerprint density at radius 2 is 2.06 bits per heavy atom. The summed E-state index contributed by atoms with van der Waals surface area (Å²) in [4.78, 5) is 0. The van der Waals surface area contributed by atoms with E-state index in [0.717, 1.165) is 23.1 Å². The lowest BCUT2D eigenvalue weighted by Gasteiger charge is -2.07. The standard InChI is InChI=1S/C12H11F3OS/c1-7(16)4-8-6-17-11-5-9(12(13,14)15)2-3-10(8)11/h2-3,5-7,16H,4H2,1H3. The molecule has 0 amide bonds. The van der Waals surface area contributed by atoms with Gasteiger partial charge in [-0.1, -0.05) is 6.07 Å². The maximum Gasteiger partial charge on any atom is 0.416 e. The third kappa shape index (κ3) is 2.61.